The number of methoxy groups -OCH3 is 1. The van der Waals surface area contributed by atoms with E-state index in [0.29, 0.717) is 15.8 Å². The van der Waals surface area contributed by atoms with Gasteiger partial charge in [0.2, 0.25) is 0 Å². The van der Waals surface area contributed by atoms with Crippen LogP contribution in [0.4, 0.5) is 10.1 Å². The minimum atomic E-state index is -0.570. The fourth-order valence-electron chi connectivity index (χ4n) is 1.76. The van der Waals surface area contributed by atoms with Crippen LogP contribution in [0.2, 0.25) is 0 Å². The maximum atomic E-state index is 13.2. The summed E-state index contributed by atoms with van der Waals surface area (Å²) in [4.78, 5) is 0. The zero-order valence-corrected chi connectivity index (χ0v) is 12.3. The average Bonchev–Trinajstić information content (AvgIpc) is 2.48. The lowest BCUT2D eigenvalue weighted by molar-refractivity contribution is 0.415. The van der Waals surface area contributed by atoms with E-state index >= 15 is 0 Å². The molecule has 0 heterocycles. The van der Waals surface area contributed by atoms with Crippen LogP contribution in [0.5, 0.6) is 5.75 Å². The lowest BCUT2D eigenvalue weighted by Crippen LogP contribution is -2.08. The molecule has 0 bridgehead atoms. The molecule has 20 heavy (non-hydrogen) atoms. The molecule has 2 rings (SSSR count). The minimum Gasteiger partial charge on any atom is -0.497 e. The van der Waals surface area contributed by atoms with Crippen LogP contribution in [0.25, 0.3) is 0 Å². The highest BCUT2D eigenvalue weighted by Gasteiger charge is 2.12. The number of nitrogens with zero attached hydrogens (tertiary/aromatic N) is 1. The van der Waals surface area contributed by atoms with Crippen LogP contribution in [-0.2, 0) is 0 Å². The van der Waals surface area contributed by atoms with Crippen LogP contribution < -0.4 is 10.1 Å². The number of ether oxygens (including phenoxy) is 1. The van der Waals surface area contributed by atoms with Crippen LogP contribution in [0.15, 0.2) is 46.9 Å². The second-order valence-corrected chi connectivity index (χ2v) is 4.97. The number of hydrogen-bond donors (Lipinski definition) is 1. The first-order chi connectivity index (χ1) is 9.63. The smallest absolute Gasteiger partial charge is 0.140 e. The second-order valence-electron chi connectivity index (χ2n) is 4.11. The van der Waals surface area contributed by atoms with E-state index in [4.69, 9.17) is 4.74 Å². The largest absolute Gasteiger partial charge is 0.497 e. The molecule has 5 heteroatoms. The van der Waals surface area contributed by atoms with E-state index in [1.54, 1.807) is 25.3 Å². The second kappa shape index (κ2) is 6.40. The average molecular weight is 335 g/mol. The molecule has 0 aromatic heterocycles. The van der Waals surface area contributed by atoms with Gasteiger partial charge in [-0.05, 0) is 45.8 Å². The Bertz CT molecular complexity index is 655. The van der Waals surface area contributed by atoms with Gasteiger partial charge < -0.3 is 10.1 Å². The van der Waals surface area contributed by atoms with Crippen molar-refractivity contribution in [2.75, 3.05) is 12.4 Å². The molecule has 0 aliphatic heterocycles. The highest BCUT2D eigenvalue weighted by atomic mass is 79.9. The molecule has 1 atom stereocenters. The number of hydrogen-bond acceptors (Lipinski definition) is 3. The van der Waals surface area contributed by atoms with E-state index in [9.17, 15) is 9.65 Å². The van der Waals surface area contributed by atoms with Crippen molar-refractivity contribution in [3.05, 3.63) is 58.3 Å². The monoisotopic (exact) mass is 334 g/mol. The summed E-state index contributed by atoms with van der Waals surface area (Å²) in [5.74, 6) is 0.346. The van der Waals surface area contributed by atoms with Crippen LogP contribution in [-0.4, -0.2) is 7.11 Å². The summed E-state index contributed by atoms with van der Waals surface area (Å²) in [6.45, 7) is 0. The molecule has 0 fully saturated rings. The fourth-order valence-corrected chi connectivity index (χ4v) is 2.16. The van der Waals surface area contributed by atoms with Crippen molar-refractivity contribution in [3.63, 3.8) is 0 Å². The Kier molecular flexibility index (Phi) is 4.59. The normalized spacial score (nSPS) is 11.5. The van der Waals surface area contributed by atoms with E-state index in [-0.39, 0.29) is 5.82 Å². The summed E-state index contributed by atoms with van der Waals surface area (Å²) in [6, 6.07) is 13.4. The molecule has 1 N–H and O–H groups in total. The predicted molar refractivity (Wildman–Crippen MR) is 79.1 cm³/mol. The van der Waals surface area contributed by atoms with Crippen LogP contribution in [0.3, 0.4) is 0 Å². The number of nitrogens with one attached hydrogen (secondary N) is 1. The molecule has 2 aromatic carbocycles. The molecule has 102 valence electrons. The topological polar surface area (TPSA) is 45.0 Å². The van der Waals surface area contributed by atoms with Crippen LogP contribution >= 0.6 is 15.9 Å². The Balaban J connectivity index is 2.24. The third-order valence-corrected chi connectivity index (χ3v) is 3.39. The molecule has 2 aromatic rings. The highest BCUT2D eigenvalue weighted by Crippen LogP contribution is 2.25. The van der Waals surface area contributed by atoms with Crippen molar-refractivity contribution >= 4 is 21.6 Å². The first-order valence-electron chi connectivity index (χ1n) is 5.89. The van der Waals surface area contributed by atoms with Gasteiger partial charge in [-0.15, -0.1) is 0 Å². The Labute approximate surface area is 125 Å². The van der Waals surface area contributed by atoms with Crippen molar-refractivity contribution in [3.8, 4) is 11.8 Å². The summed E-state index contributed by atoms with van der Waals surface area (Å²) in [5, 5.41) is 12.4. The lowest BCUT2D eigenvalue weighted by atomic mass is 10.1. The first kappa shape index (κ1) is 14.4. The molecular formula is C15H12BrFN2O. The van der Waals surface area contributed by atoms with E-state index < -0.39 is 6.04 Å². The van der Waals surface area contributed by atoms with Crippen molar-refractivity contribution in [1.29, 1.82) is 5.26 Å². The standard InChI is InChI=1S/C15H12BrFN2O/c1-20-12-4-2-3-11(8-12)19-15(9-18)10-5-6-14(17)13(16)7-10/h2-8,15,19H,1H3. The molecule has 0 amide bonds. The van der Waals surface area contributed by atoms with Gasteiger partial charge in [0.05, 0.1) is 17.7 Å². The summed E-state index contributed by atoms with van der Waals surface area (Å²) in [5.41, 5.74) is 1.44. The molecule has 0 aliphatic carbocycles. The van der Waals surface area contributed by atoms with Gasteiger partial charge in [-0.2, -0.15) is 5.26 Å². The number of halogens is 2. The van der Waals surface area contributed by atoms with E-state index in [1.807, 2.05) is 18.2 Å². The molecule has 1 unspecified atom stereocenters. The van der Waals surface area contributed by atoms with Crippen LogP contribution in [0, 0.1) is 17.1 Å². The Morgan fingerprint density at radius 3 is 2.75 bits per heavy atom. The zero-order chi connectivity index (χ0) is 14.5. The van der Waals surface area contributed by atoms with Crippen LogP contribution in [0.1, 0.15) is 11.6 Å². The Hall–Kier alpha value is -2.06. The van der Waals surface area contributed by atoms with E-state index in [1.165, 1.54) is 6.07 Å². The zero-order valence-electron chi connectivity index (χ0n) is 10.7. The molecule has 0 spiro atoms. The summed E-state index contributed by atoms with van der Waals surface area (Å²) >= 11 is 3.12. The predicted octanol–water partition coefficient (Wildman–Crippen LogP) is 4.27. The lowest BCUT2D eigenvalue weighted by Gasteiger charge is -2.14. The third-order valence-electron chi connectivity index (χ3n) is 2.79. The van der Waals surface area contributed by atoms with Gasteiger partial charge in [-0.1, -0.05) is 12.1 Å². The number of benzene rings is 2. The fraction of sp³-hybridized carbons (Fsp3) is 0.133. The van der Waals surface area contributed by atoms with Gasteiger partial charge in [0.25, 0.3) is 0 Å². The maximum Gasteiger partial charge on any atom is 0.140 e. The van der Waals surface area contributed by atoms with Crippen molar-refractivity contribution in [1.82, 2.24) is 0 Å². The van der Waals surface area contributed by atoms with E-state index in [2.05, 4.69) is 27.3 Å². The SMILES string of the molecule is COc1cccc(NC(C#N)c2ccc(F)c(Br)c2)c1. The molecule has 0 saturated heterocycles. The number of rotatable bonds is 4. The maximum absolute atomic E-state index is 13.2. The Morgan fingerprint density at radius 2 is 2.10 bits per heavy atom. The first-order valence-corrected chi connectivity index (χ1v) is 6.68. The molecule has 3 nitrogen and oxygen atoms in total. The summed E-state index contributed by atoms with van der Waals surface area (Å²) in [7, 11) is 1.58. The molecule has 0 radical (unpaired) electrons. The van der Waals surface area contributed by atoms with E-state index in [0.717, 1.165) is 5.69 Å². The quantitative estimate of drug-likeness (QED) is 0.907. The number of anilines is 1. The van der Waals surface area contributed by atoms with Gasteiger partial charge >= 0.3 is 0 Å². The highest BCUT2D eigenvalue weighted by molar-refractivity contribution is 9.10. The number of nitriles is 1. The molecule has 0 saturated carbocycles. The summed E-state index contributed by atoms with van der Waals surface area (Å²) in [6.07, 6.45) is 0. The van der Waals surface area contributed by atoms with Crippen molar-refractivity contribution in [2.24, 2.45) is 0 Å². The van der Waals surface area contributed by atoms with Gasteiger partial charge in [0.15, 0.2) is 0 Å². The minimum absolute atomic E-state index is 0.336. The Morgan fingerprint density at radius 1 is 1.30 bits per heavy atom. The summed E-state index contributed by atoms with van der Waals surface area (Å²) < 4.78 is 18.7. The molecular weight excluding hydrogens is 323 g/mol. The third kappa shape index (κ3) is 3.28. The van der Waals surface area contributed by atoms with Gasteiger partial charge in [-0.25, -0.2) is 4.39 Å². The van der Waals surface area contributed by atoms with Gasteiger partial charge in [0.1, 0.15) is 17.6 Å². The van der Waals surface area contributed by atoms with Gasteiger partial charge in [0, 0.05) is 11.8 Å². The van der Waals surface area contributed by atoms with Crippen molar-refractivity contribution in [2.45, 2.75) is 6.04 Å². The van der Waals surface area contributed by atoms with Gasteiger partial charge in [-0.3, -0.25) is 0 Å². The van der Waals surface area contributed by atoms with Crippen molar-refractivity contribution < 1.29 is 9.13 Å². The molecule has 0 aliphatic rings.